The van der Waals surface area contributed by atoms with Crippen molar-refractivity contribution in [1.29, 1.82) is 0 Å². The van der Waals surface area contributed by atoms with Gasteiger partial charge in [0.2, 0.25) is 16.9 Å². The summed E-state index contributed by atoms with van der Waals surface area (Å²) in [6, 6.07) is 13.6. The Labute approximate surface area is 171 Å². The highest BCUT2D eigenvalue weighted by Gasteiger charge is 2.34. The second-order valence-corrected chi connectivity index (χ2v) is 8.00. The predicted octanol–water partition coefficient (Wildman–Crippen LogP) is 3.69. The Morgan fingerprint density at radius 2 is 1.97 bits per heavy atom. The van der Waals surface area contributed by atoms with Crippen molar-refractivity contribution in [1.82, 2.24) is 10.2 Å². The Hall–Kier alpha value is -3.13. The quantitative estimate of drug-likeness (QED) is 0.696. The van der Waals surface area contributed by atoms with Gasteiger partial charge in [0.05, 0.1) is 6.42 Å². The summed E-state index contributed by atoms with van der Waals surface area (Å²) in [5, 5.41) is 12.1. The molecule has 0 spiro atoms. The summed E-state index contributed by atoms with van der Waals surface area (Å²) in [5.41, 5.74) is 2.67. The standard InChI is InChI=1S/C21H19FN4O2S/c1-13-4-2-3-5-17(13)26-12-15(11-19(26)28)20-24-25-21(29-20)23-18(27)10-14-6-8-16(22)9-7-14/h2-9,15H,10-12H2,1H3,(H,23,25,27)/t15-/m0/s1. The van der Waals surface area contributed by atoms with Crippen LogP contribution in [0.25, 0.3) is 0 Å². The van der Waals surface area contributed by atoms with Gasteiger partial charge < -0.3 is 10.2 Å². The topological polar surface area (TPSA) is 75.2 Å². The van der Waals surface area contributed by atoms with Crippen molar-refractivity contribution in [3.63, 3.8) is 0 Å². The first-order valence-electron chi connectivity index (χ1n) is 9.23. The molecule has 1 N–H and O–H groups in total. The second kappa shape index (κ2) is 8.08. The van der Waals surface area contributed by atoms with Crippen LogP contribution in [-0.2, 0) is 16.0 Å². The van der Waals surface area contributed by atoms with Crippen molar-refractivity contribution in [3.05, 3.63) is 70.5 Å². The molecule has 4 rings (SSSR count). The van der Waals surface area contributed by atoms with Crippen LogP contribution in [0.4, 0.5) is 15.2 Å². The maximum Gasteiger partial charge on any atom is 0.230 e. The number of nitrogens with zero attached hydrogens (tertiary/aromatic N) is 3. The first-order chi connectivity index (χ1) is 14.0. The average molecular weight is 410 g/mol. The first kappa shape index (κ1) is 19.2. The zero-order valence-corrected chi connectivity index (χ0v) is 16.6. The Morgan fingerprint density at radius 3 is 2.72 bits per heavy atom. The first-order valence-corrected chi connectivity index (χ1v) is 10.0. The summed E-state index contributed by atoms with van der Waals surface area (Å²) < 4.78 is 13.0. The Morgan fingerprint density at radius 1 is 1.21 bits per heavy atom. The molecular formula is C21H19FN4O2S. The highest BCUT2D eigenvalue weighted by Crippen LogP contribution is 2.35. The average Bonchev–Trinajstić information content (AvgIpc) is 3.31. The molecule has 0 radical (unpaired) electrons. The number of rotatable bonds is 5. The smallest absolute Gasteiger partial charge is 0.230 e. The number of carbonyl (C=O) groups excluding carboxylic acids is 2. The molecule has 1 aliphatic heterocycles. The van der Waals surface area contributed by atoms with E-state index in [9.17, 15) is 14.0 Å². The second-order valence-electron chi connectivity index (χ2n) is 6.99. The molecular weight excluding hydrogens is 391 g/mol. The number of anilines is 2. The number of carbonyl (C=O) groups is 2. The predicted molar refractivity (Wildman–Crippen MR) is 110 cm³/mol. The molecule has 3 aromatic rings. The number of nitrogens with one attached hydrogen (secondary N) is 1. The number of hydrogen-bond donors (Lipinski definition) is 1. The number of para-hydroxylation sites is 1. The van der Waals surface area contributed by atoms with Crippen LogP contribution in [0.1, 0.15) is 28.5 Å². The van der Waals surface area contributed by atoms with E-state index in [2.05, 4.69) is 15.5 Å². The van der Waals surface area contributed by atoms with Crippen LogP contribution in [0.2, 0.25) is 0 Å². The lowest BCUT2D eigenvalue weighted by Gasteiger charge is -2.18. The Kier molecular flexibility index (Phi) is 5.35. The maximum atomic E-state index is 13.0. The maximum absolute atomic E-state index is 13.0. The molecule has 6 nitrogen and oxygen atoms in total. The lowest BCUT2D eigenvalue weighted by atomic mass is 10.1. The molecule has 1 atom stereocenters. The summed E-state index contributed by atoms with van der Waals surface area (Å²) in [6.45, 7) is 2.53. The number of benzene rings is 2. The van der Waals surface area contributed by atoms with Crippen molar-refractivity contribution < 1.29 is 14.0 Å². The van der Waals surface area contributed by atoms with Gasteiger partial charge in [-0.25, -0.2) is 4.39 Å². The van der Waals surface area contributed by atoms with Gasteiger partial charge in [-0.3, -0.25) is 9.59 Å². The minimum absolute atomic E-state index is 0.0534. The molecule has 0 bridgehead atoms. The van der Waals surface area contributed by atoms with Crippen LogP contribution in [0.3, 0.4) is 0 Å². The normalized spacial score (nSPS) is 16.3. The van der Waals surface area contributed by atoms with Gasteiger partial charge in [-0.05, 0) is 36.2 Å². The molecule has 148 valence electrons. The fourth-order valence-electron chi connectivity index (χ4n) is 3.37. The molecule has 0 unspecified atom stereocenters. The van der Waals surface area contributed by atoms with Crippen molar-refractivity contribution in [2.75, 3.05) is 16.8 Å². The molecule has 1 saturated heterocycles. The minimum Gasteiger partial charge on any atom is -0.311 e. The van der Waals surface area contributed by atoms with E-state index in [4.69, 9.17) is 0 Å². The molecule has 1 aliphatic rings. The fourth-order valence-corrected chi connectivity index (χ4v) is 4.22. The molecule has 2 amide bonds. The number of aromatic nitrogens is 2. The molecule has 0 aliphatic carbocycles. The van der Waals surface area contributed by atoms with Gasteiger partial charge >= 0.3 is 0 Å². The third-order valence-electron chi connectivity index (χ3n) is 4.85. The molecule has 0 saturated carbocycles. The van der Waals surface area contributed by atoms with Crippen LogP contribution in [0.5, 0.6) is 0 Å². The molecule has 1 fully saturated rings. The zero-order chi connectivity index (χ0) is 20.4. The van der Waals surface area contributed by atoms with Gasteiger partial charge in [0.25, 0.3) is 0 Å². The van der Waals surface area contributed by atoms with Crippen molar-refractivity contribution in [2.45, 2.75) is 25.7 Å². The SMILES string of the molecule is Cc1ccccc1N1C[C@@H](c2nnc(NC(=O)Cc3ccc(F)cc3)s2)CC1=O. The van der Waals surface area contributed by atoms with Crippen molar-refractivity contribution in [2.24, 2.45) is 0 Å². The Bertz CT molecular complexity index is 1050. The van der Waals surface area contributed by atoms with Crippen LogP contribution in [0.15, 0.2) is 48.5 Å². The highest BCUT2D eigenvalue weighted by molar-refractivity contribution is 7.15. The van der Waals surface area contributed by atoms with Crippen molar-refractivity contribution in [3.8, 4) is 0 Å². The van der Waals surface area contributed by atoms with E-state index in [0.29, 0.717) is 23.7 Å². The summed E-state index contributed by atoms with van der Waals surface area (Å²) in [6.07, 6.45) is 0.491. The fraction of sp³-hybridized carbons (Fsp3) is 0.238. The molecule has 1 aromatic heterocycles. The van der Waals surface area contributed by atoms with Crippen LogP contribution in [-0.4, -0.2) is 28.6 Å². The minimum atomic E-state index is -0.339. The summed E-state index contributed by atoms with van der Waals surface area (Å²) >= 11 is 1.28. The van der Waals surface area contributed by atoms with E-state index in [-0.39, 0.29) is 30.0 Å². The van der Waals surface area contributed by atoms with Crippen molar-refractivity contribution >= 4 is 34.0 Å². The molecule has 2 heterocycles. The molecule has 2 aromatic carbocycles. The van der Waals surface area contributed by atoms with Gasteiger partial charge in [0, 0.05) is 24.6 Å². The van der Waals surface area contributed by atoms with Gasteiger partial charge in [-0.1, -0.05) is 41.7 Å². The summed E-state index contributed by atoms with van der Waals surface area (Å²) in [5.74, 6) is -0.583. The summed E-state index contributed by atoms with van der Waals surface area (Å²) in [7, 11) is 0. The largest absolute Gasteiger partial charge is 0.311 e. The number of halogens is 1. The van der Waals surface area contributed by atoms with E-state index in [1.54, 1.807) is 17.0 Å². The third-order valence-corrected chi connectivity index (χ3v) is 5.85. The van der Waals surface area contributed by atoms with E-state index in [1.165, 1.54) is 23.5 Å². The Balaban J connectivity index is 1.40. The van der Waals surface area contributed by atoms with Gasteiger partial charge in [0.1, 0.15) is 10.8 Å². The zero-order valence-electron chi connectivity index (χ0n) is 15.8. The van der Waals surface area contributed by atoms with E-state index < -0.39 is 0 Å². The van der Waals surface area contributed by atoms with Crippen LogP contribution in [0, 0.1) is 12.7 Å². The number of amides is 2. The van der Waals surface area contributed by atoms with Crippen LogP contribution >= 0.6 is 11.3 Å². The molecule has 8 heteroatoms. The van der Waals surface area contributed by atoms with Gasteiger partial charge in [-0.15, -0.1) is 10.2 Å². The summed E-state index contributed by atoms with van der Waals surface area (Å²) in [4.78, 5) is 26.5. The van der Waals surface area contributed by atoms with Gasteiger partial charge in [-0.2, -0.15) is 0 Å². The third kappa shape index (κ3) is 4.32. The van der Waals surface area contributed by atoms with E-state index in [0.717, 1.165) is 16.3 Å². The monoisotopic (exact) mass is 410 g/mol. The van der Waals surface area contributed by atoms with E-state index in [1.807, 2.05) is 31.2 Å². The van der Waals surface area contributed by atoms with Crippen LogP contribution < -0.4 is 10.2 Å². The number of hydrogen-bond acceptors (Lipinski definition) is 5. The number of aryl methyl sites for hydroxylation is 1. The van der Waals surface area contributed by atoms with E-state index >= 15 is 0 Å². The lowest BCUT2D eigenvalue weighted by Crippen LogP contribution is -2.25. The lowest BCUT2D eigenvalue weighted by molar-refractivity contribution is -0.117. The van der Waals surface area contributed by atoms with Gasteiger partial charge in [0.15, 0.2) is 0 Å². The molecule has 29 heavy (non-hydrogen) atoms. The highest BCUT2D eigenvalue weighted by atomic mass is 32.1.